The maximum Gasteiger partial charge on any atom is 0.305 e. The van der Waals surface area contributed by atoms with E-state index in [2.05, 4.69) is 62.3 Å². The summed E-state index contributed by atoms with van der Waals surface area (Å²) < 4.78 is 4.54. The molecule has 22 heavy (non-hydrogen) atoms. The second kappa shape index (κ2) is 17.2. The van der Waals surface area contributed by atoms with Crippen LogP contribution in [0.2, 0.25) is 0 Å². The summed E-state index contributed by atoms with van der Waals surface area (Å²) in [5, 5.41) is 0. The van der Waals surface area contributed by atoms with Crippen LogP contribution in [0, 0.1) is 35.5 Å². The molecule has 0 aliphatic heterocycles. The summed E-state index contributed by atoms with van der Waals surface area (Å²) in [6, 6.07) is 0. The lowest BCUT2D eigenvalue weighted by atomic mass is 10.2. The lowest BCUT2D eigenvalue weighted by Crippen LogP contribution is -1.98. The Balaban J connectivity index is 3.54. The van der Waals surface area contributed by atoms with Gasteiger partial charge in [0, 0.05) is 19.3 Å². The van der Waals surface area contributed by atoms with E-state index in [9.17, 15) is 4.79 Å². The van der Waals surface area contributed by atoms with E-state index in [1.807, 2.05) is 6.08 Å². The van der Waals surface area contributed by atoms with Gasteiger partial charge in [0.2, 0.25) is 0 Å². The molecular weight excluding hydrogens is 340 g/mol. The standard InChI is InChI=1S/C19H21BrO2/c1-22-19(21)17-15-13-11-9-7-5-3-2-4-6-8-10-12-14-16-18-20/h8,10,16,18H,2-4,6,13,15,17H2,1H3/b10-8+,18-16+. The number of carbonyl (C=O) groups excluding carboxylic acids is 1. The Morgan fingerprint density at radius 2 is 1.73 bits per heavy atom. The Morgan fingerprint density at radius 1 is 1.05 bits per heavy atom. The Kier molecular flexibility index (Phi) is 15.7. The Hall–Kier alpha value is -1.89. The fourth-order valence-electron chi connectivity index (χ4n) is 1.38. The second-order valence-electron chi connectivity index (χ2n) is 4.26. The molecule has 0 saturated heterocycles. The fourth-order valence-corrected chi connectivity index (χ4v) is 1.51. The fraction of sp³-hybridized carbons (Fsp3) is 0.421. The molecule has 0 aliphatic carbocycles. The van der Waals surface area contributed by atoms with E-state index in [1.165, 1.54) is 7.11 Å². The maximum atomic E-state index is 10.8. The normalized spacial score (nSPS) is 9.36. The van der Waals surface area contributed by atoms with Crippen LogP contribution in [0.1, 0.15) is 44.9 Å². The van der Waals surface area contributed by atoms with Crippen molar-refractivity contribution in [1.82, 2.24) is 0 Å². The molecule has 2 nitrogen and oxygen atoms in total. The molecule has 0 fully saturated rings. The average Bonchev–Trinajstić information content (AvgIpc) is 2.54. The summed E-state index contributed by atoms with van der Waals surface area (Å²) in [5.74, 6) is 17.2. The topological polar surface area (TPSA) is 26.3 Å². The average molecular weight is 361 g/mol. The van der Waals surface area contributed by atoms with Gasteiger partial charge in [-0.2, -0.15) is 0 Å². The molecule has 0 saturated carbocycles. The van der Waals surface area contributed by atoms with E-state index in [4.69, 9.17) is 0 Å². The third-order valence-corrected chi connectivity index (χ3v) is 2.77. The highest BCUT2D eigenvalue weighted by Gasteiger charge is 1.96. The minimum absolute atomic E-state index is 0.188. The molecule has 0 bridgehead atoms. The molecule has 0 aromatic heterocycles. The van der Waals surface area contributed by atoms with Crippen molar-refractivity contribution in [2.75, 3.05) is 7.11 Å². The van der Waals surface area contributed by atoms with Crippen LogP contribution < -0.4 is 0 Å². The van der Waals surface area contributed by atoms with Crippen molar-refractivity contribution >= 4 is 21.9 Å². The monoisotopic (exact) mass is 360 g/mol. The van der Waals surface area contributed by atoms with Gasteiger partial charge < -0.3 is 4.74 Å². The van der Waals surface area contributed by atoms with Gasteiger partial charge in [0.15, 0.2) is 0 Å². The molecule has 0 aromatic carbocycles. The van der Waals surface area contributed by atoms with Gasteiger partial charge in [0.25, 0.3) is 0 Å². The van der Waals surface area contributed by atoms with E-state index < -0.39 is 0 Å². The molecule has 0 atom stereocenters. The number of methoxy groups -OCH3 is 1. The molecule has 0 aromatic rings. The van der Waals surface area contributed by atoms with Crippen LogP contribution in [0.4, 0.5) is 0 Å². The molecule has 0 heterocycles. The second-order valence-corrected chi connectivity index (χ2v) is 4.79. The van der Waals surface area contributed by atoms with Gasteiger partial charge in [0.1, 0.15) is 0 Å². The highest BCUT2D eigenvalue weighted by Crippen LogP contribution is 1.99. The number of allylic oxidation sites excluding steroid dienone is 3. The molecule has 0 N–H and O–H groups in total. The van der Waals surface area contributed by atoms with Gasteiger partial charge >= 0.3 is 5.97 Å². The first kappa shape index (κ1) is 20.1. The molecule has 0 spiro atoms. The molecule has 0 amide bonds. The molecule has 116 valence electrons. The van der Waals surface area contributed by atoms with Gasteiger partial charge in [0.05, 0.1) is 7.11 Å². The molecule has 3 heteroatoms. The smallest absolute Gasteiger partial charge is 0.305 e. The summed E-state index contributed by atoms with van der Waals surface area (Å²) in [6.45, 7) is 0. The first-order chi connectivity index (χ1) is 10.8. The van der Waals surface area contributed by atoms with Gasteiger partial charge in [-0.1, -0.05) is 45.7 Å². The van der Waals surface area contributed by atoms with Gasteiger partial charge in [-0.25, -0.2) is 0 Å². The minimum atomic E-state index is -0.188. The number of halogens is 1. The van der Waals surface area contributed by atoms with E-state index >= 15 is 0 Å². The Bertz CT molecular complexity index is 539. The van der Waals surface area contributed by atoms with Crippen LogP contribution in [0.5, 0.6) is 0 Å². The first-order valence-electron chi connectivity index (χ1n) is 7.25. The third kappa shape index (κ3) is 16.2. The minimum Gasteiger partial charge on any atom is -0.469 e. The van der Waals surface area contributed by atoms with Gasteiger partial charge in [-0.05, 0) is 54.7 Å². The van der Waals surface area contributed by atoms with Crippen molar-refractivity contribution in [3.63, 3.8) is 0 Å². The van der Waals surface area contributed by atoms with Crippen molar-refractivity contribution in [3.05, 3.63) is 23.2 Å². The van der Waals surface area contributed by atoms with Crippen LogP contribution in [-0.4, -0.2) is 13.1 Å². The first-order valence-corrected chi connectivity index (χ1v) is 8.16. The molecule has 0 rings (SSSR count). The molecule has 0 aliphatic rings. The Morgan fingerprint density at radius 3 is 2.41 bits per heavy atom. The van der Waals surface area contributed by atoms with Crippen molar-refractivity contribution in [1.29, 1.82) is 0 Å². The van der Waals surface area contributed by atoms with Crippen LogP contribution >= 0.6 is 15.9 Å². The summed E-state index contributed by atoms with van der Waals surface area (Å²) >= 11 is 3.15. The molecular formula is C19H21BrO2. The van der Waals surface area contributed by atoms with Crippen LogP contribution in [0.25, 0.3) is 0 Å². The number of rotatable bonds is 7. The molecule has 0 radical (unpaired) electrons. The lowest BCUT2D eigenvalue weighted by Gasteiger charge is -1.93. The number of esters is 1. The van der Waals surface area contributed by atoms with Crippen molar-refractivity contribution in [3.8, 4) is 35.5 Å². The highest BCUT2D eigenvalue weighted by atomic mass is 79.9. The van der Waals surface area contributed by atoms with Crippen molar-refractivity contribution in [2.45, 2.75) is 44.9 Å². The number of hydrogen-bond donors (Lipinski definition) is 0. The highest BCUT2D eigenvalue weighted by molar-refractivity contribution is 9.11. The van der Waals surface area contributed by atoms with Gasteiger partial charge in [-0.15, -0.1) is 0 Å². The largest absolute Gasteiger partial charge is 0.469 e. The van der Waals surface area contributed by atoms with Crippen LogP contribution in [-0.2, 0) is 9.53 Å². The van der Waals surface area contributed by atoms with Crippen LogP contribution in [0.3, 0.4) is 0 Å². The predicted octanol–water partition coefficient (Wildman–Crippen LogP) is 4.37. The maximum absolute atomic E-state index is 10.8. The zero-order valence-electron chi connectivity index (χ0n) is 13.0. The van der Waals surface area contributed by atoms with Gasteiger partial charge in [-0.3, -0.25) is 4.79 Å². The van der Waals surface area contributed by atoms with E-state index in [1.54, 1.807) is 11.1 Å². The number of hydrogen-bond acceptors (Lipinski definition) is 2. The van der Waals surface area contributed by atoms with E-state index in [0.29, 0.717) is 12.8 Å². The zero-order valence-corrected chi connectivity index (χ0v) is 14.5. The quantitative estimate of drug-likeness (QED) is 0.383. The summed E-state index contributed by atoms with van der Waals surface area (Å²) in [5.41, 5.74) is 0. The number of carbonyl (C=O) groups is 1. The third-order valence-electron chi connectivity index (χ3n) is 2.50. The summed E-state index contributed by atoms with van der Waals surface area (Å²) in [4.78, 5) is 12.6. The lowest BCUT2D eigenvalue weighted by molar-refractivity contribution is -0.140. The summed E-state index contributed by atoms with van der Waals surface area (Å²) in [6.07, 6.45) is 11.6. The van der Waals surface area contributed by atoms with Crippen LogP contribution in [0.15, 0.2) is 23.2 Å². The Labute approximate surface area is 142 Å². The SMILES string of the molecule is COC(=O)CCCC#CC#CCCCC/C=C/C#C/C=C/Br. The zero-order chi connectivity index (χ0) is 16.3. The predicted molar refractivity (Wildman–Crippen MR) is 94.9 cm³/mol. The number of ether oxygens (including phenoxy) is 1. The molecule has 0 unspecified atom stereocenters. The van der Waals surface area contributed by atoms with E-state index in [-0.39, 0.29) is 5.97 Å². The summed E-state index contributed by atoms with van der Waals surface area (Å²) in [7, 11) is 1.39. The van der Waals surface area contributed by atoms with E-state index in [0.717, 1.165) is 32.1 Å². The van der Waals surface area contributed by atoms with Crippen molar-refractivity contribution in [2.24, 2.45) is 0 Å². The van der Waals surface area contributed by atoms with Crippen molar-refractivity contribution < 1.29 is 9.53 Å². The number of unbranched alkanes of at least 4 members (excludes halogenated alkanes) is 4.